The van der Waals surface area contributed by atoms with Crippen LogP contribution < -0.4 is 10.2 Å². The van der Waals surface area contributed by atoms with Gasteiger partial charge in [-0.3, -0.25) is 4.79 Å². The van der Waals surface area contributed by atoms with E-state index in [2.05, 4.69) is 6.07 Å². The summed E-state index contributed by atoms with van der Waals surface area (Å²) < 4.78 is 7.25. The molecule has 1 saturated carbocycles. The highest BCUT2D eigenvalue weighted by Crippen LogP contribution is 2.49. The van der Waals surface area contributed by atoms with Crippen molar-refractivity contribution in [1.29, 1.82) is 5.26 Å². The van der Waals surface area contributed by atoms with Crippen molar-refractivity contribution in [1.82, 2.24) is 4.57 Å². The van der Waals surface area contributed by atoms with Gasteiger partial charge in [0.1, 0.15) is 17.4 Å². The number of aromatic nitrogens is 1. The molecule has 25 heavy (non-hydrogen) atoms. The number of carboxylic acids is 1. The lowest BCUT2D eigenvalue weighted by atomic mass is 9.69. The molecule has 1 aliphatic heterocycles. The fourth-order valence-electron chi connectivity index (χ4n) is 4.00. The Morgan fingerprint density at radius 2 is 2.12 bits per heavy atom. The first kappa shape index (κ1) is 15.5. The number of carboxylic acid groups (broad SMARTS) is 1. The van der Waals surface area contributed by atoms with Crippen LogP contribution >= 0.6 is 0 Å². The summed E-state index contributed by atoms with van der Waals surface area (Å²) in [7, 11) is 1.50. The molecule has 0 amide bonds. The SMILES string of the molecule is COc1cc2c(cc1C#N)CC1(CCC1)n1cc(C(=O)O)c(=O)cc1-2. The highest BCUT2D eigenvalue weighted by Gasteiger charge is 2.43. The average Bonchev–Trinajstić information content (AvgIpc) is 2.57. The smallest absolute Gasteiger partial charge is 0.341 e. The summed E-state index contributed by atoms with van der Waals surface area (Å²) in [4.78, 5) is 23.6. The van der Waals surface area contributed by atoms with Crippen LogP contribution in [0.15, 0.2) is 29.2 Å². The Labute approximate surface area is 143 Å². The molecular weight excluding hydrogens is 320 g/mol. The van der Waals surface area contributed by atoms with Crippen molar-refractivity contribution in [3.63, 3.8) is 0 Å². The molecule has 2 aliphatic rings. The first-order chi connectivity index (χ1) is 12.0. The maximum atomic E-state index is 12.3. The number of ether oxygens (including phenoxy) is 1. The predicted molar refractivity (Wildman–Crippen MR) is 89.9 cm³/mol. The first-order valence-electron chi connectivity index (χ1n) is 8.11. The van der Waals surface area contributed by atoms with Crippen molar-refractivity contribution in [2.45, 2.75) is 31.2 Å². The van der Waals surface area contributed by atoms with Crippen LogP contribution in [-0.4, -0.2) is 22.8 Å². The Kier molecular flexibility index (Phi) is 3.22. The van der Waals surface area contributed by atoms with Gasteiger partial charge in [-0.2, -0.15) is 5.26 Å². The zero-order valence-corrected chi connectivity index (χ0v) is 13.7. The van der Waals surface area contributed by atoms with E-state index in [1.54, 1.807) is 6.07 Å². The summed E-state index contributed by atoms with van der Waals surface area (Å²) in [6.45, 7) is 0. The van der Waals surface area contributed by atoms with Gasteiger partial charge >= 0.3 is 5.97 Å². The number of nitrogens with zero attached hydrogens (tertiary/aromatic N) is 2. The highest BCUT2D eigenvalue weighted by molar-refractivity contribution is 5.88. The molecule has 6 heteroatoms. The van der Waals surface area contributed by atoms with Crippen LogP contribution in [0.25, 0.3) is 11.3 Å². The van der Waals surface area contributed by atoms with Crippen molar-refractivity contribution >= 4 is 5.97 Å². The Bertz CT molecular complexity index is 1010. The van der Waals surface area contributed by atoms with Crippen molar-refractivity contribution < 1.29 is 14.6 Å². The minimum absolute atomic E-state index is 0.207. The largest absolute Gasteiger partial charge is 0.495 e. The van der Waals surface area contributed by atoms with Crippen LogP contribution in [0.5, 0.6) is 5.75 Å². The van der Waals surface area contributed by atoms with E-state index in [1.807, 2.05) is 10.6 Å². The van der Waals surface area contributed by atoms with Gasteiger partial charge in [0.25, 0.3) is 0 Å². The van der Waals surface area contributed by atoms with E-state index >= 15 is 0 Å². The van der Waals surface area contributed by atoms with E-state index in [1.165, 1.54) is 19.4 Å². The van der Waals surface area contributed by atoms with Crippen LogP contribution in [0, 0.1) is 11.3 Å². The molecule has 1 N–H and O–H groups in total. The van der Waals surface area contributed by atoms with Gasteiger partial charge in [-0.05, 0) is 43.4 Å². The fraction of sp³-hybridized carbons (Fsp3) is 0.316. The molecule has 126 valence electrons. The van der Waals surface area contributed by atoms with Crippen LogP contribution in [0.1, 0.15) is 40.7 Å². The molecule has 0 bridgehead atoms. The van der Waals surface area contributed by atoms with Gasteiger partial charge in [-0.15, -0.1) is 0 Å². The van der Waals surface area contributed by atoms with E-state index in [9.17, 15) is 20.0 Å². The number of aromatic carboxylic acids is 1. The quantitative estimate of drug-likeness (QED) is 0.910. The third kappa shape index (κ3) is 2.09. The Morgan fingerprint density at radius 1 is 1.36 bits per heavy atom. The van der Waals surface area contributed by atoms with Crippen molar-refractivity contribution in [3.8, 4) is 23.1 Å². The molecule has 1 aliphatic carbocycles. The third-order valence-corrected chi connectivity index (χ3v) is 5.42. The molecular formula is C19H16N2O4. The second-order valence-corrected chi connectivity index (χ2v) is 6.69. The number of methoxy groups -OCH3 is 1. The normalized spacial score (nSPS) is 16.3. The molecule has 0 saturated heterocycles. The fourth-order valence-corrected chi connectivity index (χ4v) is 4.00. The number of carbonyl (C=O) groups is 1. The second kappa shape index (κ2) is 5.21. The second-order valence-electron chi connectivity index (χ2n) is 6.69. The van der Waals surface area contributed by atoms with Crippen LogP contribution in [0.3, 0.4) is 0 Å². The van der Waals surface area contributed by atoms with Crippen LogP contribution in [0.4, 0.5) is 0 Å². The van der Waals surface area contributed by atoms with Gasteiger partial charge in [0.2, 0.25) is 0 Å². The van der Waals surface area contributed by atoms with E-state index in [0.29, 0.717) is 17.0 Å². The molecule has 2 aromatic rings. The zero-order valence-electron chi connectivity index (χ0n) is 13.7. The molecule has 6 nitrogen and oxygen atoms in total. The Hall–Kier alpha value is -3.07. The molecule has 0 atom stereocenters. The average molecular weight is 336 g/mol. The Balaban J connectivity index is 2.03. The number of nitriles is 1. The summed E-state index contributed by atoms with van der Waals surface area (Å²) in [5.74, 6) is -0.759. The lowest BCUT2D eigenvalue weighted by molar-refractivity contribution is 0.0691. The zero-order chi connectivity index (χ0) is 17.8. The third-order valence-electron chi connectivity index (χ3n) is 5.42. The number of fused-ring (bicyclic) bond motifs is 4. The number of pyridine rings is 1. The first-order valence-corrected chi connectivity index (χ1v) is 8.11. The predicted octanol–water partition coefficient (Wildman–Crippen LogP) is 2.53. The molecule has 2 heterocycles. The monoisotopic (exact) mass is 336 g/mol. The van der Waals surface area contributed by atoms with Crippen LogP contribution in [-0.2, 0) is 12.0 Å². The van der Waals surface area contributed by atoms with Crippen molar-refractivity contribution in [2.75, 3.05) is 7.11 Å². The molecule has 1 spiro atoms. The van der Waals surface area contributed by atoms with Crippen molar-refractivity contribution in [3.05, 3.63) is 51.3 Å². The van der Waals surface area contributed by atoms with Gasteiger partial charge in [0.15, 0.2) is 5.43 Å². The van der Waals surface area contributed by atoms with Gasteiger partial charge < -0.3 is 14.4 Å². The summed E-state index contributed by atoms with van der Waals surface area (Å²) in [6, 6.07) is 7.14. The molecule has 0 unspecified atom stereocenters. The number of benzene rings is 1. The number of rotatable bonds is 2. The summed E-state index contributed by atoms with van der Waals surface area (Å²) >= 11 is 0. The number of hydrogen-bond donors (Lipinski definition) is 1. The van der Waals surface area contributed by atoms with Gasteiger partial charge in [-0.1, -0.05) is 0 Å². The van der Waals surface area contributed by atoms with Crippen molar-refractivity contribution in [2.24, 2.45) is 0 Å². The Morgan fingerprint density at radius 3 is 2.68 bits per heavy atom. The summed E-state index contributed by atoms with van der Waals surface area (Å²) in [5, 5.41) is 18.6. The topological polar surface area (TPSA) is 92.3 Å². The molecule has 1 aromatic heterocycles. The van der Waals surface area contributed by atoms with E-state index < -0.39 is 11.4 Å². The minimum atomic E-state index is -1.21. The molecule has 0 radical (unpaired) electrons. The minimum Gasteiger partial charge on any atom is -0.495 e. The summed E-state index contributed by atoms with van der Waals surface area (Å²) in [6.07, 6.45) is 5.11. The van der Waals surface area contributed by atoms with Crippen LogP contribution in [0.2, 0.25) is 0 Å². The van der Waals surface area contributed by atoms with Gasteiger partial charge in [0.05, 0.1) is 18.4 Å². The molecule has 1 fully saturated rings. The van der Waals surface area contributed by atoms with Gasteiger partial charge in [0, 0.05) is 23.4 Å². The summed E-state index contributed by atoms with van der Waals surface area (Å²) in [5.41, 5.74) is 2.06. The highest BCUT2D eigenvalue weighted by atomic mass is 16.5. The molecule has 4 rings (SSSR count). The maximum absolute atomic E-state index is 12.3. The van der Waals surface area contributed by atoms with E-state index in [0.717, 1.165) is 36.8 Å². The standard InChI is InChI=1S/C19H16N2O4/c1-25-17-6-13-11(5-12(17)9-20)8-19(3-2-4-19)21-10-14(18(23)24)16(22)7-15(13)21/h5-7,10H,2-4,8H2,1H3,(H,23,24). The lowest BCUT2D eigenvalue weighted by Crippen LogP contribution is -2.46. The van der Waals surface area contributed by atoms with Gasteiger partial charge in [-0.25, -0.2) is 4.79 Å². The maximum Gasteiger partial charge on any atom is 0.341 e. The van der Waals surface area contributed by atoms with E-state index in [-0.39, 0.29) is 11.1 Å². The number of hydrogen-bond acceptors (Lipinski definition) is 4. The molecule has 1 aromatic carbocycles. The lowest BCUT2D eigenvalue weighted by Gasteiger charge is -2.48. The van der Waals surface area contributed by atoms with E-state index in [4.69, 9.17) is 4.74 Å².